The van der Waals surface area contributed by atoms with Crippen LogP contribution in [0.3, 0.4) is 0 Å². The van der Waals surface area contributed by atoms with Crippen molar-refractivity contribution in [2.75, 3.05) is 0 Å². The third-order valence-electron chi connectivity index (χ3n) is 1.28. The van der Waals surface area contributed by atoms with Gasteiger partial charge in [0.2, 0.25) is 6.29 Å². The Labute approximate surface area is 76.1 Å². The molecule has 0 aliphatic carbocycles. The van der Waals surface area contributed by atoms with Crippen LogP contribution in [0.2, 0.25) is 0 Å². The van der Waals surface area contributed by atoms with Gasteiger partial charge in [-0.2, -0.15) is 0 Å². The minimum Gasteiger partial charge on any atom is -0.418 e. The number of carbonyl (C=O) groups excluding carboxylic acids is 2. The van der Waals surface area contributed by atoms with Gasteiger partial charge in [0.25, 0.3) is 0 Å². The molecule has 0 spiro atoms. The van der Waals surface area contributed by atoms with Crippen LogP contribution < -0.4 is 4.74 Å². The minimum absolute atomic E-state index is 0.211. The second kappa shape index (κ2) is 3.91. The molecule has 3 nitrogen and oxygen atoms in total. The molecule has 0 unspecified atom stereocenters. The third-order valence-corrected chi connectivity index (χ3v) is 1.28. The Hall–Kier alpha value is -1.85. The maximum atomic E-state index is 12.7. The summed E-state index contributed by atoms with van der Waals surface area (Å²) in [6.07, 6.45) is -0.222. The molecular weight excluding hydrogens is 201 g/mol. The van der Waals surface area contributed by atoms with Crippen molar-refractivity contribution in [3.8, 4) is 5.75 Å². The van der Waals surface area contributed by atoms with Crippen molar-refractivity contribution in [1.82, 2.24) is 0 Å². The topological polar surface area (TPSA) is 43.4 Å². The van der Waals surface area contributed by atoms with Crippen molar-refractivity contribution in [2.24, 2.45) is 0 Å². The van der Waals surface area contributed by atoms with Gasteiger partial charge < -0.3 is 4.74 Å². The average Bonchev–Trinajstić information content (AvgIpc) is 2.14. The number of esters is 1. The van der Waals surface area contributed by atoms with Crippen LogP contribution in [0.4, 0.5) is 13.2 Å². The maximum Gasteiger partial charge on any atom is 0.376 e. The number of hydrogen-bond acceptors (Lipinski definition) is 3. The Kier molecular flexibility index (Phi) is 2.85. The van der Waals surface area contributed by atoms with Crippen molar-refractivity contribution in [3.05, 3.63) is 29.6 Å². The number of ether oxygens (including phenoxy) is 1. The number of benzene rings is 1. The lowest BCUT2D eigenvalue weighted by Crippen LogP contribution is -2.10. The van der Waals surface area contributed by atoms with E-state index in [2.05, 4.69) is 4.74 Å². The first kappa shape index (κ1) is 10.2. The lowest BCUT2D eigenvalue weighted by Gasteiger charge is -2.02. The van der Waals surface area contributed by atoms with E-state index >= 15 is 0 Å². The fraction of sp³-hybridized carbons (Fsp3) is 0. The zero-order valence-corrected chi connectivity index (χ0v) is 6.59. The molecule has 0 aliphatic heterocycles. The highest BCUT2D eigenvalue weighted by Crippen LogP contribution is 2.20. The van der Waals surface area contributed by atoms with Crippen LogP contribution >= 0.6 is 0 Å². The van der Waals surface area contributed by atoms with Crippen LogP contribution in [0, 0.1) is 17.5 Å². The monoisotopic (exact) mass is 204 g/mol. The Balaban J connectivity index is 3.03. The predicted octanol–water partition coefficient (Wildman–Crippen LogP) is 1.21. The summed E-state index contributed by atoms with van der Waals surface area (Å²) in [5, 5.41) is 0. The summed E-state index contributed by atoms with van der Waals surface area (Å²) < 4.78 is 41.6. The summed E-state index contributed by atoms with van der Waals surface area (Å²) in [6, 6.07) is 0.550. The Bertz CT molecular complexity index is 390. The van der Waals surface area contributed by atoms with Crippen LogP contribution in [0.25, 0.3) is 0 Å². The van der Waals surface area contributed by atoms with Gasteiger partial charge in [-0.1, -0.05) is 0 Å². The van der Waals surface area contributed by atoms with Crippen LogP contribution in [-0.2, 0) is 9.59 Å². The normalized spacial score (nSPS) is 9.64. The zero-order chi connectivity index (χ0) is 10.7. The van der Waals surface area contributed by atoms with Gasteiger partial charge in [0, 0.05) is 12.1 Å². The fourth-order valence-corrected chi connectivity index (χ4v) is 0.715. The maximum absolute atomic E-state index is 12.7. The van der Waals surface area contributed by atoms with Gasteiger partial charge in [0.1, 0.15) is 0 Å². The van der Waals surface area contributed by atoms with Crippen LogP contribution in [0.1, 0.15) is 0 Å². The second-order valence-electron chi connectivity index (χ2n) is 2.24. The molecule has 1 aromatic rings. The number of carbonyl (C=O) groups is 2. The van der Waals surface area contributed by atoms with Gasteiger partial charge in [-0.15, -0.1) is 0 Å². The van der Waals surface area contributed by atoms with Crippen LogP contribution in [-0.4, -0.2) is 12.3 Å². The molecule has 1 aromatic carbocycles. The highest BCUT2D eigenvalue weighted by Gasteiger charge is 2.13. The van der Waals surface area contributed by atoms with Gasteiger partial charge in [0.05, 0.1) is 0 Å². The van der Waals surface area contributed by atoms with E-state index in [1.165, 1.54) is 0 Å². The summed E-state index contributed by atoms with van der Waals surface area (Å²) in [6.45, 7) is 0. The van der Waals surface area contributed by atoms with E-state index in [4.69, 9.17) is 0 Å². The molecule has 0 bridgehead atoms. The number of rotatable bonds is 2. The summed E-state index contributed by atoms with van der Waals surface area (Å²) in [5.74, 6) is -6.27. The molecule has 74 valence electrons. The second-order valence-corrected chi connectivity index (χ2v) is 2.24. The summed E-state index contributed by atoms with van der Waals surface area (Å²) >= 11 is 0. The van der Waals surface area contributed by atoms with Gasteiger partial charge in [-0.05, 0) is 0 Å². The van der Waals surface area contributed by atoms with E-state index in [9.17, 15) is 22.8 Å². The van der Waals surface area contributed by atoms with Crippen molar-refractivity contribution < 1.29 is 27.5 Å². The van der Waals surface area contributed by atoms with E-state index in [1.54, 1.807) is 0 Å². The van der Waals surface area contributed by atoms with Crippen molar-refractivity contribution in [2.45, 2.75) is 0 Å². The average molecular weight is 204 g/mol. The van der Waals surface area contributed by atoms with Gasteiger partial charge in [0.15, 0.2) is 23.2 Å². The van der Waals surface area contributed by atoms with Gasteiger partial charge in [-0.25, -0.2) is 18.0 Å². The molecule has 1 rings (SSSR count). The Morgan fingerprint density at radius 3 is 2.29 bits per heavy atom. The van der Waals surface area contributed by atoms with E-state index < -0.39 is 29.2 Å². The minimum atomic E-state index is -1.41. The SMILES string of the molecule is O=CC(=O)Oc1cc(F)c(F)cc1F. The highest BCUT2D eigenvalue weighted by molar-refractivity contribution is 6.21. The molecule has 0 radical (unpaired) electrons. The third kappa shape index (κ3) is 2.09. The fourth-order valence-electron chi connectivity index (χ4n) is 0.715. The largest absolute Gasteiger partial charge is 0.418 e. The van der Waals surface area contributed by atoms with Crippen LogP contribution in [0.5, 0.6) is 5.75 Å². The standard InChI is InChI=1S/C8H3F3O3/c9-4-1-6(11)7(2-5(4)10)14-8(13)3-12/h1-3H. The summed E-state index contributed by atoms with van der Waals surface area (Å²) in [5.41, 5.74) is 0. The van der Waals surface area contributed by atoms with Crippen molar-refractivity contribution in [3.63, 3.8) is 0 Å². The molecule has 6 heteroatoms. The van der Waals surface area contributed by atoms with Gasteiger partial charge >= 0.3 is 5.97 Å². The lowest BCUT2D eigenvalue weighted by atomic mass is 10.3. The number of hydrogen-bond donors (Lipinski definition) is 0. The molecule has 0 saturated heterocycles. The highest BCUT2D eigenvalue weighted by atomic mass is 19.2. The van der Waals surface area contributed by atoms with E-state index in [0.717, 1.165) is 0 Å². The molecular formula is C8H3F3O3. The first-order valence-electron chi connectivity index (χ1n) is 3.36. The quantitative estimate of drug-likeness (QED) is 0.239. The first-order valence-corrected chi connectivity index (χ1v) is 3.36. The van der Waals surface area contributed by atoms with E-state index in [0.29, 0.717) is 6.07 Å². The molecule has 0 aliphatic rings. The lowest BCUT2D eigenvalue weighted by molar-refractivity contribution is -0.141. The van der Waals surface area contributed by atoms with E-state index in [1.807, 2.05) is 0 Å². The van der Waals surface area contributed by atoms with E-state index in [-0.39, 0.29) is 12.4 Å². The molecule has 0 atom stereocenters. The molecule has 0 N–H and O–H groups in total. The molecule has 14 heavy (non-hydrogen) atoms. The molecule has 0 saturated carbocycles. The smallest absolute Gasteiger partial charge is 0.376 e. The van der Waals surface area contributed by atoms with Gasteiger partial charge in [-0.3, -0.25) is 4.79 Å². The van der Waals surface area contributed by atoms with Crippen molar-refractivity contribution in [1.29, 1.82) is 0 Å². The molecule has 0 aromatic heterocycles. The molecule has 0 amide bonds. The summed E-state index contributed by atoms with van der Waals surface area (Å²) in [4.78, 5) is 20.2. The number of aldehydes is 1. The zero-order valence-electron chi connectivity index (χ0n) is 6.59. The Morgan fingerprint density at radius 2 is 1.71 bits per heavy atom. The summed E-state index contributed by atoms with van der Waals surface area (Å²) in [7, 11) is 0. The Morgan fingerprint density at radius 1 is 1.14 bits per heavy atom. The van der Waals surface area contributed by atoms with Crippen LogP contribution in [0.15, 0.2) is 12.1 Å². The molecule has 0 heterocycles. The number of halogens is 3. The first-order chi connectivity index (χ1) is 6.54. The molecule has 0 fully saturated rings. The van der Waals surface area contributed by atoms with Crippen molar-refractivity contribution >= 4 is 12.3 Å². The predicted molar refractivity (Wildman–Crippen MR) is 38.0 cm³/mol.